The summed E-state index contributed by atoms with van der Waals surface area (Å²) < 4.78 is 11.2. The Labute approximate surface area is 519 Å². The van der Waals surface area contributed by atoms with Gasteiger partial charge in [-0.15, -0.1) is 68.0 Å². The first-order valence-electron chi connectivity index (χ1n) is 26.9. The van der Waals surface area contributed by atoms with Gasteiger partial charge in [0.25, 0.3) is 23.6 Å². The lowest BCUT2D eigenvalue weighted by atomic mass is 10.0. The SMILES string of the molecule is CNC(=O)C[C@H]1NC(=O)c2csc(n2)-c2ccc(-c3nc(-c4nc(C(=O)N5CCC[C@H]5C(N)=O)co4)cs3)nc2-c2csc(n2)-c2csc(n2)[C@H]([C@@H](O)c2ccccc2)NC(=O)CNC(=O)c2nc(sc2COC)[C@H](C(C)C)NC(=O)c2nc1sc2C. The molecule has 10 heterocycles. The average Bonchev–Trinajstić information content (AvgIpc) is 2.59. The number of likely N-dealkylation sites (tertiary alicyclic amines) is 1. The van der Waals surface area contributed by atoms with Crippen LogP contribution in [0.3, 0.4) is 0 Å². The summed E-state index contributed by atoms with van der Waals surface area (Å²) in [6.45, 7) is 5.30. The molecule has 10 bridgehead atoms. The lowest BCUT2D eigenvalue weighted by Gasteiger charge is -2.23. The molecule has 1 saturated heterocycles. The lowest BCUT2D eigenvalue weighted by molar-refractivity contribution is -0.122. The maximum absolute atomic E-state index is 14.4. The molecule has 25 nitrogen and oxygen atoms in total. The van der Waals surface area contributed by atoms with E-state index in [0.29, 0.717) is 93.8 Å². The first-order chi connectivity index (χ1) is 41.9. The normalized spacial score (nSPS) is 17.9. The zero-order valence-electron chi connectivity index (χ0n) is 46.8. The van der Waals surface area contributed by atoms with Crippen molar-refractivity contribution in [2.24, 2.45) is 11.7 Å². The van der Waals surface area contributed by atoms with Crippen LogP contribution < -0.4 is 32.3 Å². The smallest absolute Gasteiger partial charge is 0.276 e. The fraction of sp³-hybridized carbons (Fsp3) is 0.304. The van der Waals surface area contributed by atoms with Gasteiger partial charge in [-0.25, -0.2) is 39.9 Å². The standard InChI is InChI=1S/C56H53N15O10S6/c1-24(2)39-55-70-42(36(87-55)19-80-5)47(77)59-17-38(73)67-43(44(74)26-10-7-6-8-11-26)54-66-34(23-85-54)52-63-31(20-83-52)41-27(50-64-32(21-82-50)46(76)61-29(16-37(72)58-4)53-69-40(25(3)86-53)48(78)68-39)13-14-28(60-41)51-65-33(22-84-51)49-62-30(18-81-49)56(79)71-15-9-12-35(71)45(57)75/h6-8,10-11,13-14,18,20-24,29,35,39,43-44,74H,9,12,15-17,19H2,1-5H3,(H2,57,75)(H,58,72)(H,59,77)(H,61,76)(H,67,73)(H,68,78)/t29-,35+,39+,43+,44+/m1/s1. The van der Waals surface area contributed by atoms with Crippen LogP contribution in [0.2, 0.25) is 0 Å². The second-order valence-electron chi connectivity index (χ2n) is 20.3. The molecule has 9 aromatic rings. The molecule has 0 radical (unpaired) electrons. The molecule has 31 heteroatoms. The summed E-state index contributed by atoms with van der Waals surface area (Å²) in [5.74, 6) is -4.18. The Hall–Kier alpha value is -8.43. The zero-order valence-corrected chi connectivity index (χ0v) is 51.7. The van der Waals surface area contributed by atoms with Crippen molar-refractivity contribution >= 4 is 109 Å². The van der Waals surface area contributed by atoms with Gasteiger partial charge in [0.2, 0.25) is 23.6 Å². The van der Waals surface area contributed by atoms with Crippen LogP contribution in [0, 0.1) is 12.8 Å². The molecule has 1 fully saturated rings. The number of rotatable bonds is 11. The number of benzene rings is 1. The van der Waals surface area contributed by atoms with Gasteiger partial charge in [0, 0.05) is 52.7 Å². The van der Waals surface area contributed by atoms with Crippen molar-refractivity contribution in [3.8, 4) is 54.9 Å². The Bertz CT molecular complexity index is 4090. The van der Waals surface area contributed by atoms with E-state index in [4.69, 9.17) is 49.8 Å². The van der Waals surface area contributed by atoms with E-state index in [9.17, 15) is 38.7 Å². The molecule has 0 spiro atoms. The number of primary amides is 1. The Morgan fingerprint density at radius 2 is 1.46 bits per heavy atom. The first-order valence-corrected chi connectivity index (χ1v) is 32.1. The van der Waals surface area contributed by atoms with Gasteiger partial charge in [-0.05, 0) is 43.4 Å². The highest BCUT2D eigenvalue weighted by atomic mass is 32.1. The molecular weight excluding hydrogens is 1240 g/mol. The number of hydrogen-bond donors (Lipinski definition) is 7. The molecule has 87 heavy (non-hydrogen) atoms. The second-order valence-corrected chi connectivity index (χ2v) is 26.1. The van der Waals surface area contributed by atoms with E-state index < -0.39 is 78.2 Å². The maximum atomic E-state index is 14.4. The quantitative estimate of drug-likeness (QED) is 0.0681. The number of fused-ring (bicyclic) bond motifs is 14. The fourth-order valence-corrected chi connectivity index (χ4v) is 15.2. The summed E-state index contributed by atoms with van der Waals surface area (Å²) in [6, 6.07) is 8.71. The largest absolute Gasteiger partial charge is 0.442 e. The van der Waals surface area contributed by atoms with Crippen molar-refractivity contribution in [1.82, 2.24) is 71.4 Å². The van der Waals surface area contributed by atoms with E-state index in [-0.39, 0.29) is 52.6 Å². The molecule has 2 aliphatic heterocycles. The predicted molar refractivity (Wildman–Crippen MR) is 326 cm³/mol. The third-order valence-corrected chi connectivity index (χ3v) is 19.8. The number of carbonyl (C=O) groups excluding carboxylic acids is 7. The Morgan fingerprint density at radius 1 is 0.747 bits per heavy atom. The number of aliphatic hydroxyl groups is 1. The summed E-state index contributed by atoms with van der Waals surface area (Å²) in [7, 11) is 2.94. The fourth-order valence-electron chi connectivity index (χ4n) is 9.62. The van der Waals surface area contributed by atoms with Crippen molar-refractivity contribution < 1.29 is 47.8 Å². The highest BCUT2D eigenvalue weighted by Gasteiger charge is 2.36. The van der Waals surface area contributed by atoms with Gasteiger partial charge >= 0.3 is 0 Å². The van der Waals surface area contributed by atoms with Crippen molar-refractivity contribution in [2.75, 3.05) is 27.2 Å². The number of pyridine rings is 1. The van der Waals surface area contributed by atoms with E-state index >= 15 is 0 Å². The van der Waals surface area contributed by atoms with Gasteiger partial charge in [0.15, 0.2) is 5.69 Å². The molecule has 7 amide bonds. The van der Waals surface area contributed by atoms with Crippen LogP contribution >= 0.6 is 68.0 Å². The highest BCUT2D eigenvalue weighted by molar-refractivity contribution is 7.15. The van der Waals surface area contributed by atoms with Crippen LogP contribution in [-0.4, -0.2) is 125 Å². The van der Waals surface area contributed by atoms with Gasteiger partial charge in [-0.3, -0.25) is 33.6 Å². The molecule has 8 N–H and O–H groups in total. The summed E-state index contributed by atoms with van der Waals surface area (Å²) in [4.78, 5) is 136. The average molecular weight is 1290 g/mol. The second kappa shape index (κ2) is 25.9. The predicted octanol–water partition coefficient (Wildman–Crippen LogP) is 7.06. The number of nitrogens with zero attached hydrogens (tertiary/aromatic N) is 9. The minimum Gasteiger partial charge on any atom is -0.442 e. The van der Waals surface area contributed by atoms with Crippen molar-refractivity contribution in [2.45, 2.75) is 76.9 Å². The number of aryl methyl sites for hydroxylation is 1. The van der Waals surface area contributed by atoms with Gasteiger partial charge in [0.05, 0.1) is 42.2 Å². The van der Waals surface area contributed by atoms with Crippen molar-refractivity contribution in [3.05, 3.63) is 123 Å². The Kier molecular flexibility index (Phi) is 17.9. The number of amides is 7. The zero-order chi connectivity index (χ0) is 61.2. The molecule has 11 rings (SSSR count). The number of nitrogens with two attached hydrogens (primary N) is 1. The summed E-state index contributed by atoms with van der Waals surface area (Å²) in [6.07, 6.45) is 0.783. The van der Waals surface area contributed by atoms with Crippen LogP contribution in [-0.2, 0) is 25.7 Å². The third-order valence-electron chi connectivity index (χ3n) is 14.0. The highest BCUT2D eigenvalue weighted by Crippen LogP contribution is 2.40. The number of hydrogen-bond acceptors (Lipinski definition) is 24. The van der Waals surface area contributed by atoms with Gasteiger partial charge in [-0.2, -0.15) is 0 Å². The topological polar surface area (TPSA) is 355 Å². The number of oxazole rings is 1. The van der Waals surface area contributed by atoms with Crippen LogP contribution in [0.5, 0.6) is 0 Å². The molecule has 0 aliphatic carbocycles. The Balaban J connectivity index is 0.975. The number of methoxy groups -OCH3 is 1. The number of ether oxygens (including phenoxy) is 1. The van der Waals surface area contributed by atoms with E-state index in [1.165, 1.54) is 82.0 Å². The minimum atomic E-state index is -1.29. The third kappa shape index (κ3) is 12.9. The summed E-state index contributed by atoms with van der Waals surface area (Å²) in [5.41, 5.74) is 8.52. The summed E-state index contributed by atoms with van der Waals surface area (Å²) in [5, 5.41) is 35.2. The van der Waals surface area contributed by atoms with E-state index in [1.54, 1.807) is 70.9 Å². The number of carbonyl (C=O) groups is 7. The molecule has 8 aromatic heterocycles. The number of aromatic nitrogens is 8. The van der Waals surface area contributed by atoms with E-state index in [2.05, 4.69) is 31.6 Å². The van der Waals surface area contributed by atoms with Crippen LogP contribution in [0.15, 0.2) is 74.7 Å². The van der Waals surface area contributed by atoms with Crippen LogP contribution in [0.1, 0.15) is 130 Å². The summed E-state index contributed by atoms with van der Waals surface area (Å²) >= 11 is 7.15. The Morgan fingerprint density at radius 3 is 2.22 bits per heavy atom. The molecular formula is C56H53N15O10S6. The number of thiazole rings is 6. The van der Waals surface area contributed by atoms with E-state index in [1.807, 2.05) is 13.8 Å². The number of nitrogens with one attached hydrogen (secondary N) is 5. The monoisotopic (exact) mass is 1290 g/mol. The molecule has 1 aromatic carbocycles. The first kappa shape index (κ1) is 60.3. The van der Waals surface area contributed by atoms with Crippen molar-refractivity contribution in [1.29, 1.82) is 0 Å². The van der Waals surface area contributed by atoms with Gasteiger partial charge < -0.3 is 51.5 Å². The van der Waals surface area contributed by atoms with Crippen molar-refractivity contribution in [3.63, 3.8) is 0 Å². The minimum absolute atomic E-state index is 0.00259. The van der Waals surface area contributed by atoms with Gasteiger partial charge in [-0.1, -0.05) is 44.2 Å². The molecule has 0 saturated carbocycles. The van der Waals surface area contributed by atoms with Crippen LogP contribution in [0.4, 0.5) is 0 Å². The molecule has 0 unspecified atom stereocenters. The van der Waals surface area contributed by atoms with Crippen LogP contribution in [0.25, 0.3) is 54.9 Å². The molecule has 448 valence electrons. The maximum Gasteiger partial charge on any atom is 0.276 e. The molecule has 5 atom stereocenters. The lowest BCUT2D eigenvalue weighted by Crippen LogP contribution is -2.43. The van der Waals surface area contributed by atoms with E-state index in [0.717, 1.165) is 11.3 Å². The van der Waals surface area contributed by atoms with Gasteiger partial charge in [0.1, 0.15) is 94.4 Å². The molecule has 2 aliphatic rings. The number of aliphatic hydroxyl groups excluding tert-OH is 1.